The molecule has 0 unspecified atom stereocenters. The molecule has 1 N–H and O–H groups in total. The summed E-state index contributed by atoms with van der Waals surface area (Å²) in [6, 6.07) is 8.78. The van der Waals surface area contributed by atoms with Crippen molar-refractivity contribution in [2.45, 2.75) is 76.0 Å². The first kappa shape index (κ1) is 21.6. The molecule has 6 heteroatoms. The lowest BCUT2D eigenvalue weighted by molar-refractivity contribution is -0.119. The second-order valence-electron chi connectivity index (χ2n) is 8.03. The Labute approximate surface area is 178 Å². The van der Waals surface area contributed by atoms with Gasteiger partial charge in [0.2, 0.25) is 5.91 Å². The number of rotatable bonds is 8. The van der Waals surface area contributed by atoms with Gasteiger partial charge in [0, 0.05) is 18.2 Å². The molecule has 1 heterocycles. The van der Waals surface area contributed by atoms with Crippen LogP contribution in [0.2, 0.25) is 0 Å². The molecule has 1 aliphatic carbocycles. The molecule has 1 fully saturated rings. The summed E-state index contributed by atoms with van der Waals surface area (Å²) in [5.41, 5.74) is 2.33. The predicted octanol–water partition coefficient (Wildman–Crippen LogP) is 5.19. The number of thioether (sulfide) groups is 1. The van der Waals surface area contributed by atoms with E-state index in [1.54, 1.807) is 0 Å². The van der Waals surface area contributed by atoms with Crippen LogP contribution in [-0.2, 0) is 11.3 Å². The standard InChI is InChI=1S/C23H32N4OS/c1-4-15-27-22(19-13-11-18(12-14-19)17(2)3)25-26-23(27)29-16-21(28)24-20-9-7-5-6-8-10-20/h4,11-14,17,20H,1,5-10,15-16H2,2-3H3,(H,24,28). The summed E-state index contributed by atoms with van der Waals surface area (Å²) in [6.07, 6.45) is 9.03. The number of nitrogens with one attached hydrogen (secondary N) is 1. The zero-order chi connectivity index (χ0) is 20.6. The van der Waals surface area contributed by atoms with Gasteiger partial charge >= 0.3 is 0 Å². The van der Waals surface area contributed by atoms with E-state index >= 15 is 0 Å². The van der Waals surface area contributed by atoms with Crippen molar-refractivity contribution >= 4 is 17.7 Å². The molecular formula is C23H32N4OS. The first-order chi connectivity index (χ1) is 14.1. The normalized spacial score (nSPS) is 15.3. The van der Waals surface area contributed by atoms with E-state index in [1.807, 2.05) is 10.6 Å². The summed E-state index contributed by atoms with van der Waals surface area (Å²) in [4.78, 5) is 12.4. The predicted molar refractivity (Wildman–Crippen MR) is 120 cm³/mol. The molecule has 3 rings (SSSR count). The lowest BCUT2D eigenvalue weighted by Gasteiger charge is -2.16. The maximum atomic E-state index is 12.4. The number of hydrogen-bond donors (Lipinski definition) is 1. The monoisotopic (exact) mass is 412 g/mol. The van der Waals surface area contributed by atoms with Crippen molar-refractivity contribution in [3.63, 3.8) is 0 Å². The van der Waals surface area contributed by atoms with E-state index in [2.05, 4.69) is 60.2 Å². The third-order valence-electron chi connectivity index (χ3n) is 5.42. The second-order valence-corrected chi connectivity index (χ2v) is 8.97. The smallest absolute Gasteiger partial charge is 0.230 e. The average molecular weight is 413 g/mol. The number of benzene rings is 1. The molecule has 0 spiro atoms. The topological polar surface area (TPSA) is 59.8 Å². The molecule has 0 saturated heterocycles. The maximum Gasteiger partial charge on any atom is 0.230 e. The highest BCUT2D eigenvalue weighted by atomic mass is 32.2. The van der Waals surface area contributed by atoms with Gasteiger partial charge in [-0.2, -0.15) is 0 Å². The van der Waals surface area contributed by atoms with Gasteiger partial charge in [0.1, 0.15) is 0 Å². The molecule has 1 saturated carbocycles. The second kappa shape index (κ2) is 10.6. The van der Waals surface area contributed by atoms with Crippen molar-refractivity contribution in [2.75, 3.05) is 5.75 Å². The minimum Gasteiger partial charge on any atom is -0.353 e. The third kappa shape index (κ3) is 5.95. The fraction of sp³-hybridized carbons (Fsp3) is 0.522. The summed E-state index contributed by atoms with van der Waals surface area (Å²) in [7, 11) is 0. The number of amides is 1. The van der Waals surface area contributed by atoms with Crippen LogP contribution in [0.3, 0.4) is 0 Å². The van der Waals surface area contributed by atoms with Gasteiger partial charge in [-0.05, 0) is 24.3 Å². The molecule has 0 atom stereocenters. The van der Waals surface area contributed by atoms with Gasteiger partial charge in [-0.1, -0.05) is 81.6 Å². The van der Waals surface area contributed by atoms with Crippen LogP contribution in [0.25, 0.3) is 11.4 Å². The maximum absolute atomic E-state index is 12.4. The molecule has 0 aliphatic heterocycles. The Kier molecular flexibility index (Phi) is 7.92. The lowest BCUT2D eigenvalue weighted by Crippen LogP contribution is -2.35. The third-order valence-corrected chi connectivity index (χ3v) is 6.38. The van der Waals surface area contributed by atoms with E-state index < -0.39 is 0 Å². The molecule has 0 radical (unpaired) electrons. The zero-order valence-corrected chi connectivity index (χ0v) is 18.4. The Morgan fingerprint density at radius 1 is 1.21 bits per heavy atom. The number of aromatic nitrogens is 3. The van der Waals surface area contributed by atoms with Crippen LogP contribution in [0.4, 0.5) is 0 Å². The van der Waals surface area contributed by atoms with Crippen molar-refractivity contribution in [2.24, 2.45) is 0 Å². The zero-order valence-electron chi connectivity index (χ0n) is 17.6. The summed E-state index contributed by atoms with van der Waals surface area (Å²) in [5, 5.41) is 12.7. The Hall–Kier alpha value is -2.08. The number of nitrogens with zero attached hydrogens (tertiary/aromatic N) is 3. The van der Waals surface area contributed by atoms with Gasteiger partial charge < -0.3 is 5.32 Å². The van der Waals surface area contributed by atoms with Crippen molar-refractivity contribution in [1.82, 2.24) is 20.1 Å². The summed E-state index contributed by atoms with van der Waals surface area (Å²) < 4.78 is 2.03. The Bertz CT molecular complexity index is 805. The highest BCUT2D eigenvalue weighted by Crippen LogP contribution is 2.26. The van der Waals surface area contributed by atoms with Crippen molar-refractivity contribution < 1.29 is 4.79 Å². The SMILES string of the molecule is C=CCn1c(SCC(=O)NC2CCCCCC2)nnc1-c1ccc(C(C)C)cc1. The molecule has 2 aromatic rings. The highest BCUT2D eigenvalue weighted by molar-refractivity contribution is 7.99. The Morgan fingerprint density at radius 3 is 2.52 bits per heavy atom. The molecule has 1 amide bonds. The van der Waals surface area contributed by atoms with Crippen molar-refractivity contribution in [1.29, 1.82) is 0 Å². The summed E-state index contributed by atoms with van der Waals surface area (Å²) in [5.74, 6) is 1.75. The molecule has 1 aromatic carbocycles. The fourth-order valence-electron chi connectivity index (χ4n) is 3.74. The van der Waals surface area contributed by atoms with Crippen LogP contribution in [-0.4, -0.2) is 32.5 Å². The van der Waals surface area contributed by atoms with Crippen molar-refractivity contribution in [3.8, 4) is 11.4 Å². The van der Waals surface area contributed by atoms with Crippen LogP contribution >= 0.6 is 11.8 Å². The van der Waals surface area contributed by atoms with E-state index in [0.29, 0.717) is 24.3 Å². The molecular weight excluding hydrogens is 380 g/mol. The molecule has 29 heavy (non-hydrogen) atoms. The first-order valence-corrected chi connectivity index (χ1v) is 11.6. The van der Waals surface area contributed by atoms with Crippen molar-refractivity contribution in [3.05, 3.63) is 42.5 Å². The van der Waals surface area contributed by atoms with Crippen LogP contribution in [0, 0.1) is 0 Å². The van der Waals surface area contributed by atoms with Gasteiger partial charge in [-0.3, -0.25) is 9.36 Å². The van der Waals surface area contributed by atoms with Gasteiger partial charge in [-0.15, -0.1) is 16.8 Å². The fourth-order valence-corrected chi connectivity index (χ4v) is 4.50. The van der Waals surface area contributed by atoms with Crippen LogP contribution < -0.4 is 5.32 Å². The van der Waals surface area contributed by atoms with Gasteiger partial charge in [-0.25, -0.2) is 0 Å². The van der Waals surface area contributed by atoms with Crippen LogP contribution in [0.5, 0.6) is 0 Å². The number of carbonyl (C=O) groups is 1. The van der Waals surface area contributed by atoms with E-state index in [-0.39, 0.29) is 5.91 Å². The van der Waals surface area contributed by atoms with E-state index in [0.717, 1.165) is 29.4 Å². The lowest BCUT2D eigenvalue weighted by atomic mass is 10.0. The first-order valence-electron chi connectivity index (χ1n) is 10.6. The molecule has 1 aliphatic rings. The minimum atomic E-state index is 0.0814. The van der Waals surface area contributed by atoms with Gasteiger partial charge in [0.25, 0.3) is 0 Å². The number of hydrogen-bond acceptors (Lipinski definition) is 4. The largest absolute Gasteiger partial charge is 0.353 e. The van der Waals surface area contributed by atoms with Crippen LogP contribution in [0.1, 0.15) is 63.9 Å². The summed E-state index contributed by atoms with van der Waals surface area (Å²) >= 11 is 1.44. The minimum absolute atomic E-state index is 0.0814. The van der Waals surface area contributed by atoms with E-state index in [9.17, 15) is 4.79 Å². The molecule has 1 aromatic heterocycles. The molecule has 156 valence electrons. The number of allylic oxidation sites excluding steroid dienone is 1. The van der Waals surface area contributed by atoms with Gasteiger partial charge in [0.05, 0.1) is 5.75 Å². The number of carbonyl (C=O) groups excluding carboxylic acids is 1. The average Bonchev–Trinajstić information content (AvgIpc) is 2.93. The quantitative estimate of drug-likeness (QED) is 0.368. The molecule has 5 nitrogen and oxygen atoms in total. The Morgan fingerprint density at radius 2 is 1.90 bits per heavy atom. The van der Waals surface area contributed by atoms with E-state index in [1.165, 1.54) is 43.0 Å². The summed E-state index contributed by atoms with van der Waals surface area (Å²) in [6.45, 7) is 8.85. The van der Waals surface area contributed by atoms with E-state index in [4.69, 9.17) is 0 Å². The van der Waals surface area contributed by atoms with Gasteiger partial charge in [0.15, 0.2) is 11.0 Å². The molecule has 0 bridgehead atoms. The highest BCUT2D eigenvalue weighted by Gasteiger charge is 2.18. The van der Waals surface area contributed by atoms with Crippen LogP contribution in [0.15, 0.2) is 42.1 Å². The Balaban J connectivity index is 1.66.